The van der Waals surface area contributed by atoms with Crippen molar-refractivity contribution in [3.8, 4) is 11.5 Å². The Morgan fingerprint density at radius 1 is 1.30 bits per heavy atom. The zero-order chi connectivity index (χ0) is 20.0. The van der Waals surface area contributed by atoms with Crippen LogP contribution in [0, 0.1) is 13.8 Å². The largest absolute Gasteiger partial charge is 0.493 e. The Balaban J connectivity index is 2.18. The van der Waals surface area contributed by atoms with Crippen LogP contribution in [0.15, 0.2) is 22.7 Å². The monoisotopic (exact) mass is 382 g/mol. The van der Waals surface area contributed by atoms with Gasteiger partial charge in [0.05, 0.1) is 24.9 Å². The van der Waals surface area contributed by atoms with Gasteiger partial charge >= 0.3 is 0 Å². The van der Waals surface area contributed by atoms with Crippen LogP contribution in [0.3, 0.4) is 0 Å². The number of hydrogen-bond acceptors (Lipinski definition) is 5. The minimum atomic E-state index is -2.58. The minimum absolute atomic E-state index is 0.234. The van der Waals surface area contributed by atoms with Crippen molar-refractivity contribution < 1.29 is 27.6 Å². The molecule has 2 aromatic rings. The molecule has 0 bridgehead atoms. The number of carbonyl (C=O) groups is 1. The first kappa shape index (κ1) is 20.7. The minimum Gasteiger partial charge on any atom is -0.493 e. The molecule has 0 atom stereocenters. The van der Waals surface area contributed by atoms with Gasteiger partial charge in [-0.15, -0.1) is 0 Å². The van der Waals surface area contributed by atoms with Gasteiger partial charge < -0.3 is 18.9 Å². The van der Waals surface area contributed by atoms with Gasteiger partial charge in [-0.1, -0.05) is 12.1 Å². The quantitative estimate of drug-likeness (QED) is 0.656. The highest BCUT2D eigenvalue weighted by Crippen LogP contribution is 2.30. The first-order valence-corrected chi connectivity index (χ1v) is 8.67. The second kappa shape index (κ2) is 9.34. The van der Waals surface area contributed by atoms with Crippen LogP contribution in [0.5, 0.6) is 11.5 Å². The molecule has 148 valence electrons. The number of ether oxygens (including phenoxy) is 2. The zero-order valence-corrected chi connectivity index (χ0v) is 15.9. The molecule has 1 heterocycles. The van der Waals surface area contributed by atoms with Crippen molar-refractivity contribution in [1.82, 2.24) is 10.1 Å². The summed E-state index contributed by atoms with van der Waals surface area (Å²) in [7, 11) is 1.45. The lowest BCUT2D eigenvalue weighted by Gasteiger charge is -2.22. The first-order valence-electron chi connectivity index (χ1n) is 8.67. The highest BCUT2D eigenvalue weighted by Gasteiger charge is 2.21. The van der Waals surface area contributed by atoms with Gasteiger partial charge in [-0.3, -0.25) is 4.79 Å². The van der Waals surface area contributed by atoms with E-state index in [2.05, 4.69) is 5.16 Å². The van der Waals surface area contributed by atoms with Crippen LogP contribution in [0.4, 0.5) is 8.78 Å². The third-order valence-electron chi connectivity index (χ3n) is 4.10. The van der Waals surface area contributed by atoms with Crippen LogP contribution in [0.2, 0.25) is 0 Å². The zero-order valence-electron chi connectivity index (χ0n) is 15.9. The average molecular weight is 382 g/mol. The average Bonchev–Trinajstić information content (AvgIpc) is 2.96. The van der Waals surface area contributed by atoms with E-state index >= 15 is 0 Å². The smallest absolute Gasteiger partial charge is 0.255 e. The van der Waals surface area contributed by atoms with Gasteiger partial charge in [-0.25, -0.2) is 8.78 Å². The predicted molar refractivity (Wildman–Crippen MR) is 95.5 cm³/mol. The lowest BCUT2D eigenvalue weighted by atomic mass is 10.1. The molecule has 0 saturated heterocycles. The molecule has 0 N–H and O–H groups in total. The summed E-state index contributed by atoms with van der Waals surface area (Å²) < 4.78 is 41.7. The van der Waals surface area contributed by atoms with Gasteiger partial charge in [-0.2, -0.15) is 0 Å². The summed E-state index contributed by atoms with van der Waals surface area (Å²) in [5.74, 6) is 0.985. The molecule has 27 heavy (non-hydrogen) atoms. The second-order valence-electron chi connectivity index (χ2n) is 6.10. The van der Waals surface area contributed by atoms with Crippen LogP contribution in [0.25, 0.3) is 0 Å². The van der Waals surface area contributed by atoms with E-state index in [0.717, 1.165) is 16.2 Å². The Bertz CT molecular complexity index is 758. The van der Waals surface area contributed by atoms with Crippen LogP contribution < -0.4 is 9.47 Å². The van der Waals surface area contributed by atoms with E-state index < -0.39 is 18.9 Å². The van der Waals surface area contributed by atoms with Crippen molar-refractivity contribution >= 4 is 5.91 Å². The van der Waals surface area contributed by atoms with Crippen molar-refractivity contribution in [3.05, 3.63) is 40.8 Å². The summed E-state index contributed by atoms with van der Waals surface area (Å²) >= 11 is 0. The first-order chi connectivity index (χ1) is 12.9. The number of carbonyl (C=O) groups excluding carboxylic acids is 1. The Labute approximate surface area is 157 Å². The normalized spacial score (nSPS) is 10.9. The fourth-order valence-electron chi connectivity index (χ4n) is 2.67. The van der Waals surface area contributed by atoms with Gasteiger partial charge in [0, 0.05) is 12.1 Å². The molecule has 0 aliphatic rings. The topological polar surface area (TPSA) is 64.8 Å². The number of amides is 1. The van der Waals surface area contributed by atoms with Gasteiger partial charge in [-0.05, 0) is 38.5 Å². The van der Waals surface area contributed by atoms with E-state index in [-0.39, 0.29) is 18.7 Å². The third-order valence-corrected chi connectivity index (χ3v) is 4.10. The van der Waals surface area contributed by atoms with E-state index in [1.54, 1.807) is 19.1 Å². The maximum Gasteiger partial charge on any atom is 0.255 e. The van der Waals surface area contributed by atoms with Crippen molar-refractivity contribution in [2.75, 3.05) is 20.2 Å². The Morgan fingerprint density at radius 3 is 2.59 bits per heavy atom. The van der Waals surface area contributed by atoms with E-state index in [4.69, 9.17) is 14.0 Å². The molecule has 0 unspecified atom stereocenters. The molecule has 8 heteroatoms. The molecule has 1 amide bonds. The van der Waals surface area contributed by atoms with Crippen molar-refractivity contribution in [3.63, 3.8) is 0 Å². The summed E-state index contributed by atoms with van der Waals surface area (Å²) in [6.45, 7) is 5.34. The van der Waals surface area contributed by atoms with Crippen molar-refractivity contribution in [1.29, 1.82) is 0 Å². The van der Waals surface area contributed by atoms with Crippen molar-refractivity contribution in [2.45, 2.75) is 40.2 Å². The number of halogens is 2. The van der Waals surface area contributed by atoms with E-state index in [1.807, 2.05) is 13.8 Å². The summed E-state index contributed by atoms with van der Waals surface area (Å²) in [5, 5.41) is 3.87. The van der Waals surface area contributed by atoms with Gasteiger partial charge in [0.1, 0.15) is 12.4 Å². The maximum atomic E-state index is 12.7. The Kier molecular flexibility index (Phi) is 7.15. The number of benzene rings is 1. The number of aromatic nitrogens is 1. The fraction of sp³-hybridized carbons (Fsp3) is 0.474. The molecule has 6 nitrogen and oxygen atoms in total. The van der Waals surface area contributed by atoms with Crippen LogP contribution in [-0.2, 0) is 6.61 Å². The van der Waals surface area contributed by atoms with Gasteiger partial charge in [0.15, 0.2) is 11.5 Å². The molecule has 0 spiro atoms. The lowest BCUT2D eigenvalue weighted by Crippen LogP contribution is -2.35. The fourth-order valence-corrected chi connectivity index (χ4v) is 2.67. The van der Waals surface area contributed by atoms with E-state index in [0.29, 0.717) is 23.7 Å². The highest BCUT2D eigenvalue weighted by atomic mass is 19.3. The van der Waals surface area contributed by atoms with Crippen LogP contribution >= 0.6 is 0 Å². The predicted octanol–water partition coefficient (Wildman–Crippen LogP) is 4.00. The number of aryl methyl sites for hydroxylation is 2. The molecule has 0 fully saturated rings. The van der Waals surface area contributed by atoms with Crippen LogP contribution in [0.1, 0.15) is 40.7 Å². The molecule has 1 aromatic carbocycles. The molecule has 0 saturated carbocycles. The summed E-state index contributed by atoms with van der Waals surface area (Å²) in [6, 6.07) is 4.64. The molecular weight excluding hydrogens is 358 g/mol. The second-order valence-corrected chi connectivity index (χ2v) is 6.10. The third kappa shape index (κ3) is 5.18. The van der Waals surface area contributed by atoms with Gasteiger partial charge in [0.25, 0.3) is 12.3 Å². The Hall–Kier alpha value is -2.64. The lowest BCUT2D eigenvalue weighted by molar-refractivity contribution is 0.0555. The number of alkyl halides is 2. The van der Waals surface area contributed by atoms with Crippen molar-refractivity contribution in [2.24, 2.45) is 0 Å². The number of hydrogen-bond donors (Lipinski definition) is 0. The molecule has 2 rings (SSSR count). The summed E-state index contributed by atoms with van der Waals surface area (Å²) in [6.07, 6.45) is -1.99. The van der Waals surface area contributed by atoms with E-state index in [9.17, 15) is 13.6 Å². The summed E-state index contributed by atoms with van der Waals surface area (Å²) in [4.78, 5) is 13.7. The molecular formula is C19H24F2N2O4. The maximum absolute atomic E-state index is 12.7. The van der Waals surface area contributed by atoms with Crippen LogP contribution in [-0.4, -0.2) is 42.6 Å². The number of methoxy groups -OCH3 is 1. The SMILES string of the molecule is CCCN(CC(F)F)C(=O)c1ccc(OCc2c(C)noc2C)c(OC)c1. The number of nitrogens with zero attached hydrogens (tertiary/aromatic N) is 2. The highest BCUT2D eigenvalue weighted by molar-refractivity contribution is 5.95. The summed E-state index contributed by atoms with van der Waals surface area (Å²) in [5.41, 5.74) is 1.84. The number of rotatable bonds is 9. The molecule has 1 aromatic heterocycles. The molecule has 0 radical (unpaired) electrons. The molecule has 0 aliphatic carbocycles. The van der Waals surface area contributed by atoms with E-state index in [1.165, 1.54) is 13.2 Å². The molecule has 0 aliphatic heterocycles. The van der Waals surface area contributed by atoms with Gasteiger partial charge in [0.2, 0.25) is 0 Å². The standard InChI is InChI=1S/C19H24F2N2O4/c1-5-8-23(10-18(20)21)19(24)14-6-7-16(17(9-14)25-4)26-11-15-12(2)22-27-13(15)3/h6-7,9,18H,5,8,10-11H2,1-4H3. The Morgan fingerprint density at radius 2 is 2.04 bits per heavy atom.